The van der Waals surface area contributed by atoms with Gasteiger partial charge in [-0.1, -0.05) is 41.9 Å². The zero-order chi connectivity index (χ0) is 13.0. The molecule has 3 N–H and O–H groups in total. The van der Waals surface area contributed by atoms with Gasteiger partial charge in [0.05, 0.1) is 6.04 Å². The number of hydrogen-bond donors (Lipinski definition) is 2. The zero-order valence-electron chi connectivity index (χ0n) is 10.5. The van der Waals surface area contributed by atoms with Crippen LogP contribution in [0, 0.1) is 12.8 Å². The van der Waals surface area contributed by atoms with Crippen molar-refractivity contribution in [2.24, 2.45) is 11.7 Å². The van der Waals surface area contributed by atoms with E-state index in [2.05, 4.69) is 33.4 Å². The number of aryl methyl sites for hydroxylation is 1. The van der Waals surface area contributed by atoms with E-state index in [0.717, 1.165) is 10.0 Å². The minimum Gasteiger partial charge on any atom is -0.368 e. The summed E-state index contributed by atoms with van der Waals surface area (Å²) in [5, 5.41) is 3.19. The van der Waals surface area contributed by atoms with Crippen LogP contribution < -0.4 is 11.1 Å². The minimum atomic E-state index is -0.303. The van der Waals surface area contributed by atoms with E-state index in [-0.39, 0.29) is 17.9 Å². The van der Waals surface area contributed by atoms with Gasteiger partial charge in [-0.15, -0.1) is 0 Å². The van der Waals surface area contributed by atoms with Crippen molar-refractivity contribution in [1.82, 2.24) is 5.32 Å². The van der Waals surface area contributed by atoms with Gasteiger partial charge in [-0.25, -0.2) is 0 Å². The molecule has 0 aromatic heterocycles. The summed E-state index contributed by atoms with van der Waals surface area (Å²) in [5.41, 5.74) is 7.68. The lowest BCUT2D eigenvalue weighted by molar-refractivity contribution is -0.121. The predicted octanol–water partition coefficient (Wildman–Crippen LogP) is 2.36. The average Bonchev–Trinajstić information content (AvgIpc) is 2.20. The summed E-state index contributed by atoms with van der Waals surface area (Å²) in [6.45, 7) is 6.63. The molecular weight excluding hydrogens is 280 g/mol. The van der Waals surface area contributed by atoms with Crippen molar-refractivity contribution in [3.8, 4) is 0 Å². The smallest absolute Gasteiger partial charge is 0.234 e. The van der Waals surface area contributed by atoms with Gasteiger partial charge in [0.25, 0.3) is 0 Å². The van der Waals surface area contributed by atoms with Crippen molar-refractivity contribution >= 4 is 21.8 Å². The molecule has 0 aliphatic rings. The number of carbonyl (C=O) groups is 1. The highest BCUT2D eigenvalue weighted by molar-refractivity contribution is 9.10. The van der Waals surface area contributed by atoms with Crippen LogP contribution in [-0.2, 0) is 11.3 Å². The molecule has 0 bridgehead atoms. The quantitative estimate of drug-likeness (QED) is 0.877. The van der Waals surface area contributed by atoms with E-state index in [1.54, 1.807) is 0 Å². The Morgan fingerprint density at radius 1 is 1.47 bits per heavy atom. The Bertz CT molecular complexity index is 404. The number of carbonyl (C=O) groups excluding carboxylic acids is 1. The molecule has 0 saturated carbocycles. The Morgan fingerprint density at radius 2 is 2.12 bits per heavy atom. The molecule has 1 rings (SSSR count). The summed E-state index contributed by atoms with van der Waals surface area (Å²) in [4.78, 5) is 11.2. The molecule has 94 valence electrons. The number of hydrogen-bond acceptors (Lipinski definition) is 2. The fourth-order valence-corrected chi connectivity index (χ4v) is 2.31. The van der Waals surface area contributed by atoms with Crippen molar-refractivity contribution in [1.29, 1.82) is 0 Å². The molecule has 4 heteroatoms. The van der Waals surface area contributed by atoms with E-state index in [0.29, 0.717) is 6.54 Å². The molecule has 17 heavy (non-hydrogen) atoms. The van der Waals surface area contributed by atoms with Gasteiger partial charge in [-0.3, -0.25) is 4.79 Å². The monoisotopic (exact) mass is 298 g/mol. The average molecular weight is 299 g/mol. The normalized spacial score (nSPS) is 12.8. The van der Waals surface area contributed by atoms with Gasteiger partial charge in [-0.05, 0) is 30.0 Å². The lowest BCUT2D eigenvalue weighted by Crippen LogP contribution is -2.44. The van der Waals surface area contributed by atoms with Crippen LogP contribution in [0.4, 0.5) is 0 Å². The highest BCUT2D eigenvalue weighted by atomic mass is 79.9. The molecule has 0 heterocycles. The second-order valence-corrected chi connectivity index (χ2v) is 5.45. The van der Waals surface area contributed by atoms with Gasteiger partial charge in [-0.2, -0.15) is 0 Å². The van der Waals surface area contributed by atoms with Gasteiger partial charge in [0.1, 0.15) is 0 Å². The third-order valence-electron chi connectivity index (χ3n) is 2.69. The molecule has 0 aliphatic heterocycles. The molecule has 1 aromatic rings. The fourth-order valence-electron chi connectivity index (χ4n) is 1.68. The molecule has 3 nitrogen and oxygen atoms in total. The first-order valence-corrected chi connectivity index (χ1v) is 6.49. The first kappa shape index (κ1) is 14.2. The van der Waals surface area contributed by atoms with Gasteiger partial charge in [0, 0.05) is 11.0 Å². The van der Waals surface area contributed by atoms with E-state index < -0.39 is 0 Å². The highest BCUT2D eigenvalue weighted by Crippen LogP contribution is 2.18. The zero-order valence-corrected chi connectivity index (χ0v) is 12.0. The molecule has 0 aliphatic carbocycles. The number of nitrogens with one attached hydrogen (secondary N) is 1. The standard InChI is InChI=1S/C13H19BrN2O/c1-8(2)12(13(15)17)16-7-10-5-4-9(3)6-11(10)14/h4-6,8,12,16H,7H2,1-3H3,(H2,15,17). The summed E-state index contributed by atoms with van der Waals surface area (Å²) in [7, 11) is 0. The summed E-state index contributed by atoms with van der Waals surface area (Å²) in [6, 6.07) is 5.87. The lowest BCUT2D eigenvalue weighted by atomic mass is 10.0. The number of benzene rings is 1. The second kappa shape index (κ2) is 6.17. The van der Waals surface area contributed by atoms with E-state index >= 15 is 0 Å². The summed E-state index contributed by atoms with van der Waals surface area (Å²) in [6.07, 6.45) is 0. The molecule has 1 atom stereocenters. The Labute approximate surface area is 111 Å². The number of primary amides is 1. The van der Waals surface area contributed by atoms with Crippen LogP contribution >= 0.6 is 15.9 Å². The van der Waals surface area contributed by atoms with Crippen LogP contribution in [0.3, 0.4) is 0 Å². The predicted molar refractivity (Wildman–Crippen MR) is 73.5 cm³/mol. The number of amides is 1. The maximum Gasteiger partial charge on any atom is 0.234 e. The number of halogens is 1. The molecule has 0 radical (unpaired) electrons. The fraction of sp³-hybridized carbons (Fsp3) is 0.462. The van der Waals surface area contributed by atoms with E-state index in [4.69, 9.17) is 5.73 Å². The van der Waals surface area contributed by atoms with Crippen LogP contribution in [0.25, 0.3) is 0 Å². The lowest BCUT2D eigenvalue weighted by Gasteiger charge is -2.19. The number of rotatable bonds is 5. The molecule has 1 aromatic carbocycles. The topological polar surface area (TPSA) is 55.1 Å². The highest BCUT2D eigenvalue weighted by Gasteiger charge is 2.18. The van der Waals surface area contributed by atoms with Crippen LogP contribution in [0.2, 0.25) is 0 Å². The van der Waals surface area contributed by atoms with Crippen LogP contribution in [0.1, 0.15) is 25.0 Å². The van der Waals surface area contributed by atoms with E-state index in [9.17, 15) is 4.79 Å². The Balaban J connectivity index is 2.69. The Hall–Kier alpha value is -0.870. The third kappa shape index (κ3) is 4.13. The van der Waals surface area contributed by atoms with Crippen molar-refractivity contribution in [2.45, 2.75) is 33.4 Å². The van der Waals surface area contributed by atoms with Crippen molar-refractivity contribution in [2.75, 3.05) is 0 Å². The molecule has 1 amide bonds. The number of nitrogens with two attached hydrogens (primary N) is 1. The van der Waals surface area contributed by atoms with Gasteiger partial charge >= 0.3 is 0 Å². The summed E-state index contributed by atoms with van der Waals surface area (Å²) < 4.78 is 1.05. The van der Waals surface area contributed by atoms with Crippen LogP contribution in [0.5, 0.6) is 0 Å². The molecule has 0 spiro atoms. The first-order chi connectivity index (χ1) is 7.91. The first-order valence-electron chi connectivity index (χ1n) is 5.69. The largest absolute Gasteiger partial charge is 0.368 e. The summed E-state index contributed by atoms with van der Waals surface area (Å²) >= 11 is 3.52. The van der Waals surface area contributed by atoms with Gasteiger partial charge < -0.3 is 11.1 Å². The van der Waals surface area contributed by atoms with Gasteiger partial charge in [0.15, 0.2) is 0 Å². The third-order valence-corrected chi connectivity index (χ3v) is 3.43. The molecule has 1 unspecified atom stereocenters. The second-order valence-electron chi connectivity index (χ2n) is 4.60. The minimum absolute atomic E-state index is 0.191. The van der Waals surface area contributed by atoms with E-state index in [1.165, 1.54) is 5.56 Å². The van der Waals surface area contributed by atoms with Crippen LogP contribution in [-0.4, -0.2) is 11.9 Å². The van der Waals surface area contributed by atoms with Crippen molar-refractivity contribution < 1.29 is 4.79 Å². The van der Waals surface area contributed by atoms with Crippen molar-refractivity contribution in [3.63, 3.8) is 0 Å². The molecular formula is C13H19BrN2O. The Morgan fingerprint density at radius 3 is 2.59 bits per heavy atom. The van der Waals surface area contributed by atoms with Crippen LogP contribution in [0.15, 0.2) is 22.7 Å². The SMILES string of the molecule is Cc1ccc(CNC(C(N)=O)C(C)C)c(Br)c1. The van der Waals surface area contributed by atoms with Gasteiger partial charge in [0.2, 0.25) is 5.91 Å². The summed E-state index contributed by atoms with van der Waals surface area (Å²) in [5.74, 6) is -0.111. The maximum atomic E-state index is 11.2. The molecule has 0 fully saturated rings. The molecule has 0 saturated heterocycles. The maximum absolute atomic E-state index is 11.2. The Kier molecular flexibility index (Phi) is 5.15. The van der Waals surface area contributed by atoms with Crippen molar-refractivity contribution in [3.05, 3.63) is 33.8 Å². The van der Waals surface area contributed by atoms with E-state index in [1.807, 2.05) is 26.8 Å².